The van der Waals surface area contributed by atoms with Crippen molar-refractivity contribution in [1.29, 1.82) is 0 Å². The fraction of sp³-hybridized carbons (Fsp3) is 0.619. The number of likely N-dealkylation sites (tertiary alicyclic amines) is 2. The number of nitrogens with zero attached hydrogens (tertiary/aromatic N) is 5. The lowest BCUT2D eigenvalue weighted by Crippen LogP contribution is -2.44. The topological polar surface area (TPSA) is 84.6 Å². The van der Waals surface area contributed by atoms with E-state index in [9.17, 15) is 4.79 Å². The molecule has 0 radical (unpaired) electrons. The van der Waals surface area contributed by atoms with E-state index < -0.39 is 0 Å². The highest BCUT2D eigenvalue weighted by Crippen LogP contribution is 2.47. The first kappa shape index (κ1) is 19.8. The molecule has 0 aliphatic carbocycles. The fourth-order valence-corrected chi connectivity index (χ4v) is 4.53. The van der Waals surface area contributed by atoms with Gasteiger partial charge < -0.3 is 14.2 Å². The Morgan fingerprint density at radius 2 is 2.07 bits per heavy atom. The first-order valence-electron chi connectivity index (χ1n) is 10.2. The molecule has 4 heterocycles. The number of rotatable bonds is 4. The Hall–Kier alpha value is -2.48. The maximum Gasteiger partial charge on any atom is 0.255 e. The first-order valence-corrected chi connectivity index (χ1v) is 10.2. The van der Waals surface area contributed by atoms with Crippen molar-refractivity contribution in [3.8, 4) is 5.88 Å². The molecular formula is C21H29N5O3. The number of amides is 1. The van der Waals surface area contributed by atoms with Gasteiger partial charge in [-0.2, -0.15) is 4.98 Å². The zero-order chi connectivity index (χ0) is 20.6. The van der Waals surface area contributed by atoms with E-state index >= 15 is 0 Å². The maximum absolute atomic E-state index is 12.8. The summed E-state index contributed by atoms with van der Waals surface area (Å²) < 4.78 is 10.5. The Bertz CT molecular complexity index is 855. The van der Waals surface area contributed by atoms with Gasteiger partial charge in [0, 0.05) is 37.8 Å². The number of carbonyl (C=O) groups is 1. The second kappa shape index (κ2) is 7.74. The predicted octanol–water partition coefficient (Wildman–Crippen LogP) is 2.90. The molecule has 1 spiro atoms. The highest BCUT2D eigenvalue weighted by atomic mass is 16.5. The van der Waals surface area contributed by atoms with Crippen LogP contribution in [0.25, 0.3) is 0 Å². The van der Waals surface area contributed by atoms with Gasteiger partial charge >= 0.3 is 0 Å². The summed E-state index contributed by atoms with van der Waals surface area (Å²) in [4.78, 5) is 25.9. The molecule has 8 heteroatoms. The zero-order valence-electron chi connectivity index (χ0n) is 17.6. The molecule has 156 valence electrons. The van der Waals surface area contributed by atoms with Gasteiger partial charge in [0.2, 0.25) is 11.8 Å². The normalized spacial score (nSPS) is 21.8. The van der Waals surface area contributed by atoms with E-state index in [4.69, 9.17) is 9.26 Å². The summed E-state index contributed by atoms with van der Waals surface area (Å²) in [5.74, 6) is 2.27. The molecular weight excluding hydrogens is 370 g/mol. The van der Waals surface area contributed by atoms with Crippen molar-refractivity contribution in [1.82, 2.24) is 24.9 Å². The second-order valence-corrected chi connectivity index (χ2v) is 8.66. The van der Waals surface area contributed by atoms with Crippen LogP contribution in [0.15, 0.2) is 22.9 Å². The van der Waals surface area contributed by atoms with Crippen LogP contribution in [0.1, 0.15) is 67.1 Å². The lowest BCUT2D eigenvalue weighted by molar-refractivity contribution is 0.0593. The number of carbonyl (C=O) groups excluding carboxylic acids is 1. The van der Waals surface area contributed by atoms with Gasteiger partial charge in [0.1, 0.15) is 0 Å². The number of pyridine rings is 1. The number of methoxy groups -OCH3 is 1. The van der Waals surface area contributed by atoms with E-state index in [0.29, 0.717) is 17.3 Å². The second-order valence-electron chi connectivity index (χ2n) is 8.66. The predicted molar refractivity (Wildman–Crippen MR) is 107 cm³/mol. The molecule has 1 amide bonds. The van der Waals surface area contributed by atoms with Crippen LogP contribution >= 0.6 is 0 Å². The minimum absolute atomic E-state index is 0.0395. The molecule has 4 rings (SSSR count). The SMILES string of the molecule is COc1ccc(C(=O)N2CCC3(CC2)CC(c2noc(C(C)C)n2)N(C)C3)cn1. The summed E-state index contributed by atoms with van der Waals surface area (Å²) in [7, 11) is 3.70. The standard InChI is InChI=1S/C21H29N5O3/c1-14(2)19-23-18(24-29-19)16-11-21(13-25(16)3)7-9-26(10-8-21)20(27)15-5-6-17(28-4)22-12-15/h5-6,12,14,16H,7-11,13H2,1-4H3. The Balaban J connectivity index is 1.39. The van der Waals surface area contributed by atoms with Gasteiger partial charge in [0.15, 0.2) is 5.82 Å². The summed E-state index contributed by atoms with van der Waals surface area (Å²) in [6, 6.07) is 3.69. The monoisotopic (exact) mass is 399 g/mol. The average molecular weight is 399 g/mol. The summed E-state index contributed by atoms with van der Waals surface area (Å²) in [6.07, 6.45) is 4.57. The molecule has 0 bridgehead atoms. The molecule has 1 atom stereocenters. The summed E-state index contributed by atoms with van der Waals surface area (Å²) in [5.41, 5.74) is 0.809. The molecule has 2 aliphatic heterocycles. The quantitative estimate of drug-likeness (QED) is 0.781. The van der Waals surface area contributed by atoms with Gasteiger partial charge in [-0.05, 0) is 37.8 Å². The minimum atomic E-state index is 0.0395. The highest BCUT2D eigenvalue weighted by molar-refractivity contribution is 5.94. The van der Waals surface area contributed by atoms with E-state index in [1.807, 2.05) is 4.90 Å². The first-order chi connectivity index (χ1) is 13.9. The summed E-state index contributed by atoms with van der Waals surface area (Å²) in [5, 5.41) is 4.24. The third-order valence-corrected chi connectivity index (χ3v) is 6.30. The van der Waals surface area contributed by atoms with Gasteiger partial charge in [-0.25, -0.2) is 4.98 Å². The molecule has 2 aromatic heterocycles. The van der Waals surface area contributed by atoms with Crippen LogP contribution in [0, 0.1) is 5.41 Å². The molecule has 0 N–H and O–H groups in total. The van der Waals surface area contributed by atoms with Crippen molar-refractivity contribution < 1.29 is 14.1 Å². The van der Waals surface area contributed by atoms with Crippen LogP contribution in [0.2, 0.25) is 0 Å². The lowest BCUT2D eigenvalue weighted by Gasteiger charge is -2.39. The van der Waals surface area contributed by atoms with Crippen LogP contribution in [0.3, 0.4) is 0 Å². The Kier molecular flexibility index (Phi) is 5.29. The number of hydrogen-bond donors (Lipinski definition) is 0. The van der Waals surface area contributed by atoms with Gasteiger partial charge in [-0.3, -0.25) is 9.69 Å². The van der Waals surface area contributed by atoms with Crippen LogP contribution in [0.5, 0.6) is 5.88 Å². The molecule has 2 fully saturated rings. The molecule has 8 nitrogen and oxygen atoms in total. The van der Waals surface area contributed by atoms with Gasteiger partial charge in [-0.1, -0.05) is 19.0 Å². The maximum atomic E-state index is 12.8. The summed E-state index contributed by atoms with van der Waals surface area (Å²) in [6.45, 7) is 6.63. The van der Waals surface area contributed by atoms with Crippen molar-refractivity contribution in [2.75, 3.05) is 33.8 Å². The van der Waals surface area contributed by atoms with Crippen molar-refractivity contribution >= 4 is 5.91 Å². The van der Waals surface area contributed by atoms with E-state index in [2.05, 4.69) is 40.9 Å². The Morgan fingerprint density at radius 1 is 1.31 bits per heavy atom. The number of piperidine rings is 1. The smallest absolute Gasteiger partial charge is 0.255 e. The van der Waals surface area contributed by atoms with Gasteiger partial charge in [0.05, 0.1) is 18.7 Å². The third-order valence-electron chi connectivity index (χ3n) is 6.30. The average Bonchev–Trinajstić information content (AvgIpc) is 3.33. The van der Waals surface area contributed by atoms with E-state index in [0.717, 1.165) is 44.7 Å². The van der Waals surface area contributed by atoms with Gasteiger partial charge in [0.25, 0.3) is 5.91 Å². The minimum Gasteiger partial charge on any atom is -0.481 e. The Labute approximate surface area is 171 Å². The van der Waals surface area contributed by atoms with Crippen molar-refractivity contribution in [2.24, 2.45) is 5.41 Å². The highest BCUT2D eigenvalue weighted by Gasteiger charge is 2.46. The number of ether oxygens (including phenoxy) is 1. The van der Waals surface area contributed by atoms with Crippen LogP contribution in [-0.4, -0.2) is 64.6 Å². The summed E-state index contributed by atoms with van der Waals surface area (Å²) >= 11 is 0. The van der Waals surface area contributed by atoms with E-state index in [1.165, 1.54) is 0 Å². The van der Waals surface area contributed by atoms with Gasteiger partial charge in [-0.15, -0.1) is 0 Å². The zero-order valence-corrected chi connectivity index (χ0v) is 17.6. The van der Waals surface area contributed by atoms with E-state index in [-0.39, 0.29) is 23.3 Å². The van der Waals surface area contributed by atoms with Crippen LogP contribution in [0.4, 0.5) is 0 Å². The number of aromatic nitrogens is 3. The van der Waals surface area contributed by atoms with Crippen molar-refractivity contribution in [3.05, 3.63) is 35.6 Å². The third kappa shape index (κ3) is 3.85. The number of hydrogen-bond acceptors (Lipinski definition) is 7. The van der Waals surface area contributed by atoms with Crippen molar-refractivity contribution in [2.45, 2.75) is 45.1 Å². The van der Waals surface area contributed by atoms with E-state index in [1.54, 1.807) is 25.4 Å². The van der Waals surface area contributed by atoms with Crippen LogP contribution in [-0.2, 0) is 0 Å². The fourth-order valence-electron chi connectivity index (χ4n) is 4.53. The molecule has 29 heavy (non-hydrogen) atoms. The lowest BCUT2D eigenvalue weighted by atomic mass is 9.76. The molecule has 0 saturated carbocycles. The molecule has 2 saturated heterocycles. The molecule has 1 unspecified atom stereocenters. The van der Waals surface area contributed by atoms with Crippen LogP contribution < -0.4 is 4.74 Å². The molecule has 0 aromatic carbocycles. The van der Waals surface area contributed by atoms with Crippen molar-refractivity contribution in [3.63, 3.8) is 0 Å². The Morgan fingerprint density at radius 3 is 2.66 bits per heavy atom. The largest absolute Gasteiger partial charge is 0.481 e. The molecule has 2 aliphatic rings. The molecule has 2 aromatic rings.